The van der Waals surface area contributed by atoms with Crippen LogP contribution in [0.4, 0.5) is 32.2 Å². The Morgan fingerprint density at radius 2 is 1.95 bits per heavy atom. The normalized spacial score (nSPS) is 22.5. The SMILES string of the molecule is C=C1CCC(C)N1C(=O)c1nc(C(=O)N[C@H]2COC[C@H]2O)sc1-c1cnc(N[C@@H](C)C(F)(F)F)cc1C(F)(F)F. The predicted molar refractivity (Wildman–Crippen MR) is 132 cm³/mol. The molecule has 4 rings (SSSR count). The van der Waals surface area contributed by atoms with Gasteiger partial charge >= 0.3 is 12.4 Å². The third-order valence-electron chi connectivity index (χ3n) is 6.55. The van der Waals surface area contributed by atoms with E-state index in [0.29, 0.717) is 42.1 Å². The first-order valence-corrected chi connectivity index (χ1v) is 12.9. The molecule has 2 amide bonds. The van der Waals surface area contributed by atoms with Crippen molar-refractivity contribution in [3.8, 4) is 10.4 Å². The largest absolute Gasteiger partial charge is 0.417 e. The van der Waals surface area contributed by atoms with Crippen LogP contribution in [0.1, 0.15) is 52.5 Å². The highest BCUT2D eigenvalue weighted by Gasteiger charge is 2.41. The van der Waals surface area contributed by atoms with Crippen molar-refractivity contribution in [2.75, 3.05) is 18.5 Å². The molecular formula is C24H25F6N5O4S. The van der Waals surface area contributed by atoms with Gasteiger partial charge in [0.1, 0.15) is 17.6 Å². The van der Waals surface area contributed by atoms with Gasteiger partial charge in [-0.1, -0.05) is 6.58 Å². The number of anilines is 1. The van der Waals surface area contributed by atoms with Crippen LogP contribution in [0.2, 0.25) is 0 Å². The van der Waals surface area contributed by atoms with Crippen molar-refractivity contribution in [2.45, 2.75) is 63.3 Å². The van der Waals surface area contributed by atoms with E-state index in [1.807, 2.05) is 5.32 Å². The van der Waals surface area contributed by atoms with Gasteiger partial charge in [0.15, 0.2) is 5.01 Å². The zero-order valence-corrected chi connectivity index (χ0v) is 22.0. The summed E-state index contributed by atoms with van der Waals surface area (Å²) in [5.74, 6) is -2.33. The van der Waals surface area contributed by atoms with Crippen LogP contribution < -0.4 is 10.6 Å². The molecule has 1 unspecified atom stereocenters. The molecule has 2 aliphatic heterocycles. The fourth-order valence-corrected chi connectivity index (χ4v) is 5.29. The summed E-state index contributed by atoms with van der Waals surface area (Å²) in [6.07, 6.45) is -9.12. The molecule has 0 aliphatic carbocycles. The molecule has 9 nitrogen and oxygen atoms in total. The number of thiazole rings is 1. The number of nitrogens with zero attached hydrogens (tertiary/aromatic N) is 3. The Morgan fingerprint density at radius 1 is 1.25 bits per heavy atom. The van der Waals surface area contributed by atoms with Gasteiger partial charge < -0.3 is 25.4 Å². The Kier molecular flexibility index (Phi) is 8.15. The van der Waals surface area contributed by atoms with Gasteiger partial charge in [-0.2, -0.15) is 26.3 Å². The molecule has 0 saturated carbocycles. The Morgan fingerprint density at radius 3 is 2.50 bits per heavy atom. The van der Waals surface area contributed by atoms with Crippen molar-refractivity contribution in [3.05, 3.63) is 40.8 Å². The number of amides is 2. The first kappa shape index (κ1) is 29.7. The summed E-state index contributed by atoms with van der Waals surface area (Å²) in [7, 11) is 0. The van der Waals surface area contributed by atoms with Gasteiger partial charge in [-0.25, -0.2) is 9.97 Å². The summed E-state index contributed by atoms with van der Waals surface area (Å²) < 4.78 is 86.6. The second kappa shape index (κ2) is 11.0. The fraction of sp³-hybridized carbons (Fsp3) is 0.500. The number of alkyl halides is 6. The smallest absolute Gasteiger partial charge is 0.388 e. The number of aliphatic hydroxyl groups is 1. The molecule has 0 bridgehead atoms. The second-order valence-corrected chi connectivity index (χ2v) is 10.5. The summed E-state index contributed by atoms with van der Waals surface area (Å²) in [6.45, 7) is 6.26. The highest BCUT2D eigenvalue weighted by Crippen LogP contribution is 2.42. The minimum atomic E-state index is -5.07. The van der Waals surface area contributed by atoms with Crippen molar-refractivity contribution in [1.29, 1.82) is 0 Å². The van der Waals surface area contributed by atoms with Gasteiger partial charge in [0.25, 0.3) is 11.8 Å². The van der Waals surface area contributed by atoms with E-state index >= 15 is 0 Å². The molecule has 2 saturated heterocycles. The predicted octanol–water partition coefficient (Wildman–Crippen LogP) is 4.21. The number of halogens is 6. The van der Waals surface area contributed by atoms with Crippen LogP contribution in [0, 0.1) is 0 Å². The quantitative estimate of drug-likeness (QED) is 0.430. The van der Waals surface area contributed by atoms with Gasteiger partial charge in [-0.05, 0) is 32.8 Å². The number of carbonyl (C=O) groups excluding carboxylic acids is 2. The molecule has 40 heavy (non-hydrogen) atoms. The van der Waals surface area contributed by atoms with E-state index in [-0.39, 0.29) is 29.1 Å². The molecule has 0 spiro atoms. The van der Waals surface area contributed by atoms with Crippen LogP contribution in [-0.4, -0.2) is 75.4 Å². The van der Waals surface area contributed by atoms with E-state index < -0.39 is 65.0 Å². The Balaban J connectivity index is 1.80. The third kappa shape index (κ3) is 6.07. The summed E-state index contributed by atoms with van der Waals surface area (Å²) in [4.78, 5) is 35.3. The summed E-state index contributed by atoms with van der Waals surface area (Å²) in [6, 6.07) is -2.92. The highest BCUT2D eigenvalue weighted by molar-refractivity contribution is 7.17. The van der Waals surface area contributed by atoms with E-state index in [9.17, 15) is 41.0 Å². The number of hydrogen-bond acceptors (Lipinski definition) is 8. The summed E-state index contributed by atoms with van der Waals surface area (Å²) >= 11 is 0.486. The lowest BCUT2D eigenvalue weighted by Crippen LogP contribution is -2.42. The minimum absolute atomic E-state index is 0.00496. The summed E-state index contributed by atoms with van der Waals surface area (Å²) in [5.41, 5.74) is -2.07. The van der Waals surface area contributed by atoms with Crippen molar-refractivity contribution >= 4 is 29.0 Å². The molecule has 4 atom stereocenters. The number of carbonyl (C=O) groups is 2. The van der Waals surface area contributed by atoms with Crippen molar-refractivity contribution in [2.24, 2.45) is 0 Å². The fourth-order valence-electron chi connectivity index (χ4n) is 4.30. The van der Waals surface area contributed by atoms with Gasteiger partial charge in [-0.3, -0.25) is 9.59 Å². The van der Waals surface area contributed by atoms with E-state index in [4.69, 9.17) is 4.74 Å². The van der Waals surface area contributed by atoms with Crippen molar-refractivity contribution < 1.29 is 45.8 Å². The number of hydrogen-bond donors (Lipinski definition) is 3. The first-order valence-electron chi connectivity index (χ1n) is 12.1. The minimum Gasteiger partial charge on any atom is -0.388 e. The number of aromatic nitrogens is 2. The topological polar surface area (TPSA) is 117 Å². The number of ether oxygens (including phenoxy) is 1. The Hall–Kier alpha value is -3.24. The van der Waals surface area contributed by atoms with E-state index in [2.05, 4.69) is 21.9 Å². The molecule has 2 aromatic rings. The van der Waals surface area contributed by atoms with Gasteiger partial charge in [0, 0.05) is 23.5 Å². The van der Waals surface area contributed by atoms with E-state index in [1.165, 1.54) is 4.90 Å². The van der Waals surface area contributed by atoms with Crippen LogP contribution in [0.3, 0.4) is 0 Å². The zero-order chi connectivity index (χ0) is 29.6. The lowest BCUT2D eigenvalue weighted by Gasteiger charge is -2.22. The standard InChI is InChI=1S/C24H25F6N5O4S/c1-10-4-5-11(2)35(10)22(38)18-19(40-21(34-18)20(37)33-15-8-39-9-16(15)36)13-7-31-17(6-14(13)24(28,29)30)32-12(3)23(25,26)27/h6-7,11-12,15-16,36H,1,4-5,8-9H2,2-3H3,(H,31,32)(H,33,37)/t11?,12-,15-,16+/m0/s1. The van der Waals surface area contributed by atoms with Crippen molar-refractivity contribution in [1.82, 2.24) is 20.2 Å². The lowest BCUT2D eigenvalue weighted by molar-refractivity contribution is -0.138. The lowest BCUT2D eigenvalue weighted by atomic mass is 10.1. The Labute approximate surface area is 228 Å². The number of pyridine rings is 1. The first-order chi connectivity index (χ1) is 18.6. The van der Waals surface area contributed by atoms with Gasteiger partial charge in [-0.15, -0.1) is 11.3 Å². The maximum Gasteiger partial charge on any atom is 0.417 e. The van der Waals surface area contributed by atoms with Gasteiger partial charge in [0.05, 0.1) is 35.8 Å². The molecule has 2 fully saturated rings. The molecule has 2 aromatic heterocycles. The van der Waals surface area contributed by atoms with Crippen LogP contribution in [-0.2, 0) is 10.9 Å². The van der Waals surface area contributed by atoms with Crippen LogP contribution >= 0.6 is 11.3 Å². The number of allylic oxidation sites excluding steroid dienone is 1. The molecule has 0 radical (unpaired) electrons. The van der Waals surface area contributed by atoms with E-state index in [1.54, 1.807) is 6.92 Å². The van der Waals surface area contributed by atoms with Crippen molar-refractivity contribution in [3.63, 3.8) is 0 Å². The number of rotatable bonds is 6. The molecule has 3 N–H and O–H groups in total. The zero-order valence-electron chi connectivity index (χ0n) is 21.2. The number of nitrogens with one attached hydrogen (secondary N) is 2. The maximum absolute atomic E-state index is 14.2. The second-order valence-electron chi connectivity index (χ2n) is 9.53. The molecule has 4 heterocycles. The third-order valence-corrected chi connectivity index (χ3v) is 7.64. The molecule has 2 aliphatic rings. The number of aliphatic hydroxyl groups excluding tert-OH is 1. The Bertz CT molecular complexity index is 1310. The van der Waals surface area contributed by atoms with Crippen LogP contribution in [0.5, 0.6) is 0 Å². The molecule has 0 aromatic carbocycles. The van der Waals surface area contributed by atoms with Gasteiger partial charge in [0.2, 0.25) is 0 Å². The monoisotopic (exact) mass is 593 g/mol. The average Bonchev–Trinajstić information content (AvgIpc) is 3.56. The molecule has 218 valence electrons. The number of likely N-dealkylation sites (tertiary alicyclic amines) is 1. The summed E-state index contributed by atoms with van der Waals surface area (Å²) in [5, 5.41) is 14.0. The van der Waals surface area contributed by atoms with Crippen LogP contribution in [0.25, 0.3) is 10.4 Å². The highest BCUT2D eigenvalue weighted by atomic mass is 32.1. The average molecular weight is 594 g/mol. The van der Waals surface area contributed by atoms with E-state index in [0.717, 1.165) is 6.92 Å². The van der Waals surface area contributed by atoms with Crippen LogP contribution in [0.15, 0.2) is 24.5 Å². The molecule has 16 heteroatoms. The maximum atomic E-state index is 14.2. The molecular weight excluding hydrogens is 568 g/mol.